The average molecular weight is 340 g/mol. The van der Waals surface area contributed by atoms with Gasteiger partial charge in [0.15, 0.2) is 0 Å². The number of nitrogen functional groups attached to an aromatic ring is 1. The number of benzene rings is 1. The Morgan fingerprint density at radius 3 is 3.08 bits per heavy atom. The van der Waals surface area contributed by atoms with E-state index in [0.717, 1.165) is 29.6 Å². The van der Waals surface area contributed by atoms with Gasteiger partial charge in [-0.05, 0) is 12.5 Å². The topological polar surface area (TPSA) is 111 Å². The highest BCUT2D eigenvalue weighted by Gasteiger charge is 2.30. The van der Waals surface area contributed by atoms with E-state index >= 15 is 0 Å². The molecule has 1 aliphatic heterocycles. The molecule has 0 bridgehead atoms. The lowest BCUT2D eigenvalue weighted by Gasteiger charge is -2.20. The number of hydrogen-bond donors (Lipinski definition) is 3. The van der Waals surface area contributed by atoms with Crippen molar-refractivity contribution in [3.63, 3.8) is 0 Å². The van der Waals surface area contributed by atoms with Gasteiger partial charge in [-0.25, -0.2) is 4.79 Å². The monoisotopic (exact) mass is 340 g/mol. The van der Waals surface area contributed by atoms with Gasteiger partial charge in [-0.15, -0.1) is 0 Å². The minimum Gasteiger partial charge on any atom is -0.476 e. The number of aromatic nitrogens is 4. The van der Waals surface area contributed by atoms with Crippen LogP contribution in [0.3, 0.4) is 0 Å². The summed E-state index contributed by atoms with van der Waals surface area (Å²) in [6.07, 6.45) is 0.955. The van der Waals surface area contributed by atoms with E-state index in [2.05, 4.69) is 22.2 Å². The zero-order valence-corrected chi connectivity index (χ0v) is 14.0. The molecule has 2 aromatic heterocycles. The van der Waals surface area contributed by atoms with Gasteiger partial charge in [0.25, 0.3) is 0 Å². The number of nitrogens with one attached hydrogen (secondary N) is 2. The Hall–Kier alpha value is -2.87. The Balaban J connectivity index is 1.98. The van der Waals surface area contributed by atoms with Crippen molar-refractivity contribution in [3.8, 4) is 5.88 Å². The van der Waals surface area contributed by atoms with Gasteiger partial charge >= 0.3 is 5.69 Å². The van der Waals surface area contributed by atoms with Crippen molar-refractivity contribution in [1.29, 1.82) is 0 Å². The molecule has 8 heteroatoms. The number of nitrogens with zero attached hydrogens (tertiary/aromatic N) is 3. The van der Waals surface area contributed by atoms with Crippen LogP contribution in [0, 0.1) is 0 Å². The lowest BCUT2D eigenvalue weighted by molar-refractivity contribution is 0.312. The molecule has 0 saturated heterocycles. The summed E-state index contributed by atoms with van der Waals surface area (Å²) in [5.41, 5.74) is 8.20. The second kappa shape index (κ2) is 6.21. The molecule has 3 aromatic rings. The lowest BCUT2D eigenvalue weighted by Crippen LogP contribution is -2.28. The van der Waals surface area contributed by atoms with Crippen molar-refractivity contribution in [2.45, 2.75) is 25.9 Å². The molecule has 0 saturated carbocycles. The molecular formula is C17H20N6O2. The molecule has 0 fully saturated rings. The number of aryl methyl sites for hydroxylation is 1. The van der Waals surface area contributed by atoms with Gasteiger partial charge in [0.2, 0.25) is 5.88 Å². The molecule has 1 aromatic carbocycles. The fraction of sp³-hybridized carbons (Fsp3) is 0.353. The summed E-state index contributed by atoms with van der Waals surface area (Å²) in [6.45, 7) is 3.93. The molecule has 0 radical (unpaired) electrons. The first-order chi connectivity index (χ1) is 12.2. The van der Waals surface area contributed by atoms with Gasteiger partial charge in [0.1, 0.15) is 12.4 Å². The summed E-state index contributed by atoms with van der Waals surface area (Å²) < 4.78 is 7.65. The molecule has 0 aliphatic carbocycles. The molecule has 0 spiro atoms. The number of aromatic amines is 1. The van der Waals surface area contributed by atoms with Gasteiger partial charge in [0, 0.05) is 18.5 Å². The number of anilines is 1. The van der Waals surface area contributed by atoms with Crippen molar-refractivity contribution >= 4 is 16.7 Å². The maximum absolute atomic E-state index is 11.7. The maximum Gasteiger partial charge on any atom is 0.349 e. The SMILES string of the molecule is CCCn1nc2ccccc2c1C1NCCOc2nc(=O)[nH]c(N)c21. The van der Waals surface area contributed by atoms with E-state index in [-0.39, 0.29) is 17.7 Å². The van der Waals surface area contributed by atoms with Crippen molar-refractivity contribution in [2.75, 3.05) is 18.9 Å². The van der Waals surface area contributed by atoms with E-state index in [1.807, 2.05) is 28.9 Å². The predicted octanol–water partition coefficient (Wildman–Crippen LogP) is 1.18. The smallest absolute Gasteiger partial charge is 0.349 e. The highest BCUT2D eigenvalue weighted by atomic mass is 16.5. The Morgan fingerprint density at radius 1 is 1.40 bits per heavy atom. The van der Waals surface area contributed by atoms with Crippen LogP contribution in [-0.4, -0.2) is 32.9 Å². The Labute approximate surface area is 144 Å². The van der Waals surface area contributed by atoms with Crippen LogP contribution >= 0.6 is 0 Å². The molecule has 3 heterocycles. The normalized spacial score (nSPS) is 17.1. The minimum absolute atomic E-state index is 0.263. The molecule has 4 N–H and O–H groups in total. The number of ether oxygens (including phenoxy) is 1. The fourth-order valence-corrected chi connectivity index (χ4v) is 3.34. The van der Waals surface area contributed by atoms with Gasteiger partial charge in [-0.2, -0.15) is 10.1 Å². The Kier molecular flexibility index (Phi) is 3.89. The number of H-pyrrole nitrogens is 1. The van der Waals surface area contributed by atoms with Crippen molar-refractivity contribution in [3.05, 3.63) is 46.0 Å². The van der Waals surface area contributed by atoms with Gasteiger partial charge in [-0.3, -0.25) is 9.67 Å². The van der Waals surface area contributed by atoms with E-state index in [1.54, 1.807) is 0 Å². The zero-order chi connectivity index (χ0) is 17.4. The highest BCUT2D eigenvalue weighted by molar-refractivity contribution is 5.83. The van der Waals surface area contributed by atoms with Crippen LogP contribution < -0.4 is 21.5 Å². The highest BCUT2D eigenvalue weighted by Crippen LogP contribution is 2.36. The fourth-order valence-electron chi connectivity index (χ4n) is 3.34. The first kappa shape index (κ1) is 15.6. The van der Waals surface area contributed by atoms with Gasteiger partial charge in [-0.1, -0.05) is 25.1 Å². The van der Waals surface area contributed by atoms with Crippen molar-refractivity contribution < 1.29 is 4.74 Å². The quantitative estimate of drug-likeness (QED) is 0.660. The number of rotatable bonds is 3. The zero-order valence-electron chi connectivity index (χ0n) is 14.0. The van der Waals surface area contributed by atoms with Crippen LogP contribution in [0.25, 0.3) is 10.9 Å². The number of hydrogen-bond acceptors (Lipinski definition) is 6. The van der Waals surface area contributed by atoms with Crippen LogP contribution in [0.2, 0.25) is 0 Å². The van der Waals surface area contributed by atoms with E-state index in [4.69, 9.17) is 15.6 Å². The molecule has 1 unspecified atom stereocenters. The van der Waals surface area contributed by atoms with E-state index in [0.29, 0.717) is 18.7 Å². The third kappa shape index (κ3) is 2.64. The van der Waals surface area contributed by atoms with Gasteiger partial charge in [0.05, 0.1) is 22.8 Å². The summed E-state index contributed by atoms with van der Waals surface area (Å²) in [7, 11) is 0. The molecule has 130 valence electrons. The molecule has 4 rings (SSSR count). The van der Waals surface area contributed by atoms with Crippen molar-refractivity contribution in [2.24, 2.45) is 0 Å². The molecule has 25 heavy (non-hydrogen) atoms. The van der Waals surface area contributed by atoms with E-state index < -0.39 is 5.69 Å². The van der Waals surface area contributed by atoms with Crippen LogP contribution in [0.15, 0.2) is 29.1 Å². The van der Waals surface area contributed by atoms with E-state index in [1.165, 1.54) is 0 Å². The number of nitrogens with two attached hydrogens (primary N) is 1. The predicted molar refractivity (Wildman–Crippen MR) is 94.6 cm³/mol. The van der Waals surface area contributed by atoms with Crippen LogP contribution in [-0.2, 0) is 6.54 Å². The summed E-state index contributed by atoms with van der Waals surface area (Å²) in [4.78, 5) is 18.2. The first-order valence-corrected chi connectivity index (χ1v) is 8.40. The third-order valence-electron chi connectivity index (χ3n) is 4.34. The largest absolute Gasteiger partial charge is 0.476 e. The second-order valence-electron chi connectivity index (χ2n) is 6.04. The molecule has 1 atom stereocenters. The molecule has 8 nitrogen and oxygen atoms in total. The third-order valence-corrected chi connectivity index (χ3v) is 4.34. The Bertz CT molecular complexity index is 977. The maximum atomic E-state index is 11.7. The Morgan fingerprint density at radius 2 is 2.24 bits per heavy atom. The summed E-state index contributed by atoms with van der Waals surface area (Å²) >= 11 is 0. The van der Waals surface area contributed by atoms with Gasteiger partial charge < -0.3 is 15.8 Å². The van der Waals surface area contributed by atoms with Crippen molar-refractivity contribution in [1.82, 2.24) is 25.1 Å². The van der Waals surface area contributed by atoms with Crippen LogP contribution in [0.4, 0.5) is 5.82 Å². The first-order valence-electron chi connectivity index (χ1n) is 8.40. The summed E-state index contributed by atoms with van der Waals surface area (Å²) in [5.74, 6) is 0.548. The lowest BCUT2D eigenvalue weighted by atomic mass is 10.0. The molecule has 1 aliphatic rings. The molecular weight excluding hydrogens is 320 g/mol. The minimum atomic E-state index is -0.510. The number of fused-ring (bicyclic) bond motifs is 2. The standard InChI is InChI=1S/C17H20N6O2/c1-2-8-23-14(10-5-3-4-6-11(10)22-23)13-12-15(18)20-17(24)21-16(12)25-9-7-19-13/h3-6,13,19H,2,7-9H2,1H3,(H3,18,20,21,24). The van der Waals surface area contributed by atoms with E-state index in [9.17, 15) is 4.79 Å². The van der Waals surface area contributed by atoms with Crippen LogP contribution in [0.5, 0.6) is 5.88 Å². The second-order valence-corrected chi connectivity index (χ2v) is 6.04. The average Bonchev–Trinajstić information content (AvgIpc) is 2.80. The summed E-state index contributed by atoms with van der Waals surface area (Å²) in [6, 6.07) is 7.74. The van der Waals surface area contributed by atoms with Crippen LogP contribution in [0.1, 0.15) is 30.6 Å². The molecule has 0 amide bonds. The summed E-state index contributed by atoms with van der Waals surface area (Å²) in [5, 5.41) is 9.24.